The quantitative estimate of drug-likeness (QED) is 0.771. The van der Waals surface area contributed by atoms with Crippen LogP contribution in [0.1, 0.15) is 24.8 Å². The predicted molar refractivity (Wildman–Crippen MR) is 60.0 cm³/mol. The van der Waals surface area contributed by atoms with E-state index in [4.69, 9.17) is 0 Å². The van der Waals surface area contributed by atoms with Gasteiger partial charge in [0.25, 0.3) is 0 Å². The Bertz CT molecular complexity index is 365. The van der Waals surface area contributed by atoms with Crippen LogP contribution in [0.5, 0.6) is 5.75 Å². The number of para-hydroxylation sites is 1. The fourth-order valence-electron chi connectivity index (χ4n) is 3.05. The first-order chi connectivity index (χ1) is 7.33. The summed E-state index contributed by atoms with van der Waals surface area (Å²) in [6, 6.07) is 7.86. The van der Waals surface area contributed by atoms with Crippen molar-refractivity contribution in [2.75, 3.05) is 13.1 Å². The van der Waals surface area contributed by atoms with E-state index < -0.39 is 0 Å². The summed E-state index contributed by atoms with van der Waals surface area (Å²) in [6.45, 7) is 2.26. The third-order valence-corrected chi connectivity index (χ3v) is 4.07. The van der Waals surface area contributed by atoms with E-state index in [1.54, 1.807) is 0 Å². The zero-order valence-corrected chi connectivity index (χ0v) is 8.87. The van der Waals surface area contributed by atoms with Gasteiger partial charge in [-0.25, -0.2) is 0 Å². The van der Waals surface area contributed by atoms with Gasteiger partial charge in [-0.1, -0.05) is 18.2 Å². The minimum atomic E-state index is 0.300. The first-order valence-corrected chi connectivity index (χ1v) is 5.82. The second-order valence-electron chi connectivity index (χ2n) is 4.86. The molecule has 1 heterocycles. The Hall–Kier alpha value is -1.02. The van der Waals surface area contributed by atoms with Gasteiger partial charge in [0, 0.05) is 11.0 Å². The maximum atomic E-state index is 9.93. The van der Waals surface area contributed by atoms with E-state index in [9.17, 15) is 5.11 Å². The highest BCUT2D eigenvalue weighted by molar-refractivity contribution is 5.43. The van der Waals surface area contributed by atoms with Crippen molar-refractivity contribution in [1.82, 2.24) is 5.32 Å². The Labute approximate surface area is 90.3 Å². The van der Waals surface area contributed by atoms with Crippen molar-refractivity contribution in [3.8, 4) is 5.75 Å². The lowest BCUT2D eigenvalue weighted by molar-refractivity contribution is 0.406. The lowest BCUT2D eigenvalue weighted by Gasteiger charge is -2.23. The molecule has 2 N–H and O–H groups in total. The van der Waals surface area contributed by atoms with Crippen molar-refractivity contribution in [3.63, 3.8) is 0 Å². The topological polar surface area (TPSA) is 32.3 Å². The molecule has 1 aliphatic carbocycles. The largest absolute Gasteiger partial charge is 0.508 e. The lowest BCUT2D eigenvalue weighted by Crippen LogP contribution is -2.22. The van der Waals surface area contributed by atoms with Crippen molar-refractivity contribution < 1.29 is 5.11 Å². The molecule has 1 unspecified atom stereocenters. The third kappa shape index (κ3) is 1.36. The molecule has 1 aromatic carbocycles. The number of phenolic OH excluding ortho intramolecular Hbond substituents is 1. The SMILES string of the molecule is Oc1ccccc1C1(C2CCNC2)CC1. The summed E-state index contributed by atoms with van der Waals surface area (Å²) in [5.74, 6) is 1.22. The van der Waals surface area contributed by atoms with Crippen molar-refractivity contribution in [2.24, 2.45) is 5.92 Å². The van der Waals surface area contributed by atoms with E-state index in [0.29, 0.717) is 11.2 Å². The molecule has 2 aliphatic rings. The molecule has 1 aromatic rings. The summed E-state index contributed by atoms with van der Waals surface area (Å²) in [4.78, 5) is 0. The van der Waals surface area contributed by atoms with Crippen molar-refractivity contribution in [2.45, 2.75) is 24.7 Å². The maximum absolute atomic E-state index is 9.93. The van der Waals surface area contributed by atoms with E-state index in [2.05, 4.69) is 11.4 Å². The van der Waals surface area contributed by atoms with E-state index >= 15 is 0 Å². The number of aromatic hydroxyl groups is 1. The van der Waals surface area contributed by atoms with Gasteiger partial charge >= 0.3 is 0 Å². The van der Waals surface area contributed by atoms with Crippen LogP contribution in [-0.2, 0) is 5.41 Å². The summed E-state index contributed by atoms with van der Waals surface area (Å²) < 4.78 is 0. The third-order valence-electron chi connectivity index (χ3n) is 4.07. The summed E-state index contributed by atoms with van der Waals surface area (Å²) in [5, 5.41) is 13.4. The van der Waals surface area contributed by atoms with E-state index in [-0.39, 0.29) is 0 Å². The van der Waals surface area contributed by atoms with Crippen LogP contribution in [-0.4, -0.2) is 18.2 Å². The molecule has 2 fully saturated rings. The number of hydrogen-bond donors (Lipinski definition) is 2. The number of phenols is 1. The minimum absolute atomic E-state index is 0.300. The molecule has 2 heteroatoms. The van der Waals surface area contributed by atoms with Crippen LogP contribution in [0.2, 0.25) is 0 Å². The van der Waals surface area contributed by atoms with Gasteiger partial charge in [0.2, 0.25) is 0 Å². The zero-order chi connectivity index (χ0) is 10.3. The van der Waals surface area contributed by atoms with Gasteiger partial charge in [-0.2, -0.15) is 0 Å². The van der Waals surface area contributed by atoms with Gasteiger partial charge in [-0.15, -0.1) is 0 Å². The number of nitrogens with one attached hydrogen (secondary N) is 1. The molecule has 15 heavy (non-hydrogen) atoms. The van der Waals surface area contributed by atoms with Crippen molar-refractivity contribution >= 4 is 0 Å². The van der Waals surface area contributed by atoms with Crippen LogP contribution in [0.15, 0.2) is 24.3 Å². The Balaban J connectivity index is 1.95. The molecule has 3 rings (SSSR count). The average Bonchev–Trinajstić information content (AvgIpc) is 2.87. The highest BCUT2D eigenvalue weighted by Gasteiger charge is 2.52. The Kier molecular flexibility index (Phi) is 1.99. The van der Waals surface area contributed by atoms with Gasteiger partial charge in [0.05, 0.1) is 0 Å². The molecule has 1 atom stereocenters. The fraction of sp³-hybridized carbons (Fsp3) is 0.538. The second-order valence-corrected chi connectivity index (χ2v) is 4.86. The molecular weight excluding hydrogens is 186 g/mol. The monoisotopic (exact) mass is 203 g/mol. The van der Waals surface area contributed by atoms with Crippen molar-refractivity contribution in [1.29, 1.82) is 0 Å². The fourth-order valence-corrected chi connectivity index (χ4v) is 3.05. The normalized spacial score (nSPS) is 27.9. The van der Waals surface area contributed by atoms with E-state index in [1.807, 2.05) is 18.2 Å². The van der Waals surface area contributed by atoms with Crippen LogP contribution >= 0.6 is 0 Å². The van der Waals surface area contributed by atoms with E-state index in [1.165, 1.54) is 24.8 Å². The smallest absolute Gasteiger partial charge is 0.119 e. The molecular formula is C13H17NO. The summed E-state index contributed by atoms with van der Waals surface area (Å²) in [5.41, 5.74) is 1.48. The second kappa shape index (κ2) is 3.24. The zero-order valence-electron chi connectivity index (χ0n) is 8.87. The Morgan fingerprint density at radius 2 is 2.07 bits per heavy atom. The van der Waals surface area contributed by atoms with E-state index in [0.717, 1.165) is 19.0 Å². The molecule has 2 nitrogen and oxygen atoms in total. The molecule has 0 spiro atoms. The molecule has 1 saturated heterocycles. The Morgan fingerprint density at radius 1 is 1.27 bits per heavy atom. The average molecular weight is 203 g/mol. The molecule has 0 bridgehead atoms. The molecule has 1 saturated carbocycles. The molecule has 0 amide bonds. The highest BCUT2D eigenvalue weighted by Crippen LogP contribution is 2.57. The van der Waals surface area contributed by atoms with Gasteiger partial charge in [-0.05, 0) is 44.3 Å². The van der Waals surface area contributed by atoms with Crippen LogP contribution in [0.4, 0.5) is 0 Å². The standard InChI is InChI=1S/C13H17NO/c15-12-4-2-1-3-11(12)13(6-7-13)10-5-8-14-9-10/h1-4,10,14-15H,5-9H2. The highest BCUT2D eigenvalue weighted by atomic mass is 16.3. The van der Waals surface area contributed by atoms with Crippen LogP contribution < -0.4 is 5.32 Å². The molecule has 1 aliphatic heterocycles. The number of rotatable bonds is 2. The van der Waals surface area contributed by atoms with Gasteiger partial charge in [-0.3, -0.25) is 0 Å². The first kappa shape index (κ1) is 9.22. The van der Waals surface area contributed by atoms with Crippen LogP contribution in [0, 0.1) is 5.92 Å². The summed E-state index contributed by atoms with van der Waals surface area (Å²) in [6.07, 6.45) is 3.75. The number of benzene rings is 1. The lowest BCUT2D eigenvalue weighted by atomic mass is 9.81. The number of hydrogen-bond acceptors (Lipinski definition) is 2. The predicted octanol–water partition coefficient (Wildman–Crippen LogP) is 2.03. The maximum Gasteiger partial charge on any atom is 0.119 e. The molecule has 0 aromatic heterocycles. The molecule has 0 radical (unpaired) electrons. The van der Waals surface area contributed by atoms with Crippen molar-refractivity contribution in [3.05, 3.63) is 29.8 Å². The van der Waals surface area contributed by atoms with Crippen LogP contribution in [0.3, 0.4) is 0 Å². The minimum Gasteiger partial charge on any atom is -0.508 e. The summed E-state index contributed by atoms with van der Waals surface area (Å²) in [7, 11) is 0. The van der Waals surface area contributed by atoms with Crippen LogP contribution in [0.25, 0.3) is 0 Å². The molecule has 80 valence electrons. The van der Waals surface area contributed by atoms with Gasteiger partial charge < -0.3 is 10.4 Å². The first-order valence-electron chi connectivity index (χ1n) is 5.82. The van der Waals surface area contributed by atoms with Gasteiger partial charge in [0.1, 0.15) is 5.75 Å². The Morgan fingerprint density at radius 3 is 2.67 bits per heavy atom. The van der Waals surface area contributed by atoms with Gasteiger partial charge in [0.15, 0.2) is 0 Å². The summed E-state index contributed by atoms with van der Waals surface area (Å²) >= 11 is 0.